The van der Waals surface area contributed by atoms with E-state index in [1.807, 2.05) is 0 Å². The number of imidazole rings is 1. The SMILES string of the molecule is C[C@H](NP(=O)(OC[C@@]1(F)O[C@@H](n2cnc3c(=O)[nH]c(N)nc32)[C@](C)(O)[C@@H]1O)Oc1ccccc1)C(=O)OC1CCCCC1. The first-order valence-electron chi connectivity index (χ1n) is 13.8. The minimum atomic E-state index is -4.56. The fourth-order valence-electron chi connectivity index (χ4n) is 5.13. The van der Waals surface area contributed by atoms with Gasteiger partial charge in [0.2, 0.25) is 5.95 Å². The highest BCUT2D eigenvalue weighted by Crippen LogP contribution is 2.50. The monoisotopic (exact) mass is 624 g/mol. The number of H-pyrrole nitrogens is 1. The van der Waals surface area contributed by atoms with Crippen molar-refractivity contribution in [1.29, 1.82) is 0 Å². The number of aromatic nitrogens is 4. The molecule has 15 nitrogen and oxygen atoms in total. The summed E-state index contributed by atoms with van der Waals surface area (Å²) in [7, 11) is -4.56. The average Bonchev–Trinajstić information content (AvgIpc) is 3.46. The number of fused-ring (bicyclic) bond motifs is 1. The van der Waals surface area contributed by atoms with E-state index in [0.717, 1.165) is 49.9 Å². The fourth-order valence-corrected chi connectivity index (χ4v) is 6.63. The molecule has 6 atom stereocenters. The lowest BCUT2D eigenvalue weighted by atomic mass is 9.95. The van der Waals surface area contributed by atoms with Gasteiger partial charge in [0.1, 0.15) is 36.2 Å². The number of esters is 1. The predicted molar refractivity (Wildman–Crippen MR) is 149 cm³/mol. The molecule has 1 aromatic carbocycles. The molecule has 3 heterocycles. The number of carbonyl (C=O) groups excluding carboxylic acids is 1. The molecule has 2 aromatic heterocycles. The number of nitrogens with one attached hydrogen (secondary N) is 2. The van der Waals surface area contributed by atoms with E-state index in [-0.39, 0.29) is 29.0 Å². The molecule has 0 bridgehead atoms. The number of anilines is 1. The summed E-state index contributed by atoms with van der Waals surface area (Å²) in [6.45, 7) is 1.27. The number of benzene rings is 1. The Kier molecular flexibility index (Phi) is 8.62. The van der Waals surface area contributed by atoms with E-state index in [1.54, 1.807) is 18.2 Å². The van der Waals surface area contributed by atoms with Crippen LogP contribution in [0.3, 0.4) is 0 Å². The normalized spacial score (nSPS) is 28.4. The minimum Gasteiger partial charge on any atom is -0.461 e. The number of nitrogens with zero attached hydrogens (tertiary/aromatic N) is 3. The van der Waals surface area contributed by atoms with Crippen molar-refractivity contribution in [2.45, 2.75) is 81.9 Å². The van der Waals surface area contributed by atoms with Crippen molar-refractivity contribution in [3.8, 4) is 5.75 Å². The van der Waals surface area contributed by atoms with Gasteiger partial charge in [-0.3, -0.25) is 23.7 Å². The zero-order valence-corrected chi connectivity index (χ0v) is 24.4. The molecule has 2 fully saturated rings. The number of rotatable bonds is 10. The molecule has 2 aliphatic rings. The van der Waals surface area contributed by atoms with Crippen molar-refractivity contribution >= 4 is 30.8 Å². The van der Waals surface area contributed by atoms with Crippen molar-refractivity contribution < 1.29 is 42.5 Å². The van der Waals surface area contributed by atoms with Crippen LogP contribution in [0.25, 0.3) is 11.2 Å². The Hall–Kier alpha value is -3.40. The van der Waals surface area contributed by atoms with Gasteiger partial charge in [-0.1, -0.05) is 24.6 Å². The second kappa shape index (κ2) is 11.9. The second-order valence-electron chi connectivity index (χ2n) is 10.9. The highest BCUT2D eigenvalue weighted by Gasteiger charge is 2.64. The number of alkyl halides is 1. The molecule has 234 valence electrons. The lowest BCUT2D eigenvalue weighted by Gasteiger charge is -2.29. The fraction of sp³-hybridized carbons (Fsp3) is 0.538. The van der Waals surface area contributed by atoms with Crippen molar-refractivity contribution in [2.24, 2.45) is 0 Å². The molecule has 1 aliphatic carbocycles. The van der Waals surface area contributed by atoms with Crippen molar-refractivity contribution in [3.63, 3.8) is 0 Å². The van der Waals surface area contributed by atoms with Crippen molar-refractivity contribution in [1.82, 2.24) is 24.6 Å². The molecule has 0 radical (unpaired) electrons. The Bertz CT molecular complexity index is 1560. The lowest BCUT2D eigenvalue weighted by molar-refractivity contribution is -0.202. The first-order valence-corrected chi connectivity index (χ1v) is 15.3. The zero-order chi connectivity index (χ0) is 31.0. The van der Waals surface area contributed by atoms with Crippen LogP contribution in [0, 0.1) is 0 Å². The van der Waals surface area contributed by atoms with E-state index >= 15 is 4.39 Å². The summed E-state index contributed by atoms with van der Waals surface area (Å²) in [5, 5.41) is 24.5. The maximum Gasteiger partial charge on any atom is 0.459 e. The van der Waals surface area contributed by atoms with Crippen LogP contribution in [0.2, 0.25) is 0 Å². The second-order valence-corrected chi connectivity index (χ2v) is 12.6. The Labute approximate surface area is 245 Å². The number of aliphatic hydroxyl groups excluding tert-OH is 1. The number of hydrogen-bond acceptors (Lipinski definition) is 12. The van der Waals surface area contributed by atoms with Gasteiger partial charge in [-0.25, -0.2) is 13.9 Å². The molecule has 1 unspecified atom stereocenters. The number of halogens is 1. The molecule has 6 N–H and O–H groups in total. The third kappa shape index (κ3) is 6.44. The lowest BCUT2D eigenvalue weighted by Crippen LogP contribution is -2.49. The minimum absolute atomic E-state index is 0.0793. The van der Waals surface area contributed by atoms with E-state index < -0.39 is 55.7 Å². The van der Waals surface area contributed by atoms with E-state index in [0.29, 0.717) is 0 Å². The summed E-state index contributed by atoms with van der Waals surface area (Å²) < 4.78 is 53.2. The summed E-state index contributed by atoms with van der Waals surface area (Å²) in [4.78, 5) is 35.2. The molecular weight excluding hydrogens is 590 g/mol. The summed E-state index contributed by atoms with van der Waals surface area (Å²) in [5.41, 5.74) is 2.30. The largest absolute Gasteiger partial charge is 0.461 e. The average molecular weight is 625 g/mol. The summed E-state index contributed by atoms with van der Waals surface area (Å²) in [6.07, 6.45) is 1.21. The Morgan fingerprint density at radius 3 is 2.72 bits per heavy atom. The van der Waals surface area contributed by atoms with Crippen LogP contribution >= 0.6 is 7.75 Å². The predicted octanol–water partition coefficient (Wildman–Crippen LogP) is 2.07. The topological polar surface area (TPSA) is 213 Å². The van der Waals surface area contributed by atoms with Gasteiger partial charge in [-0.15, -0.1) is 0 Å². The molecule has 0 spiro atoms. The highest BCUT2D eigenvalue weighted by molar-refractivity contribution is 7.52. The number of para-hydroxylation sites is 1. The van der Waals surface area contributed by atoms with Gasteiger partial charge in [-0.2, -0.15) is 10.1 Å². The Morgan fingerprint density at radius 1 is 1.33 bits per heavy atom. The maximum atomic E-state index is 16.3. The standard InChI is InChI=1S/C26H34FN6O9P/c1-15(21(35)40-16-9-5-3-6-10-16)32-43(38,42-17-11-7-4-8-12-17)39-13-26(27)22(36)25(2,37)23(41-26)33-14-29-18-19(33)30-24(28)31-20(18)34/h4,7-8,11-12,14-16,22-23,36-37H,3,5-6,9-10,13H2,1-2H3,(H,32,38)(H3,28,30,31,34)/t15-,22-,23+,25+,26+,43?/m0/s1. The number of nitrogen functional groups attached to an aromatic ring is 1. The summed E-state index contributed by atoms with van der Waals surface area (Å²) in [6, 6.07) is 6.65. The van der Waals surface area contributed by atoms with Gasteiger partial charge in [-0.05, 0) is 51.7 Å². The molecule has 5 rings (SSSR count). The molecule has 0 amide bonds. The van der Waals surface area contributed by atoms with Crippen molar-refractivity contribution in [2.75, 3.05) is 12.3 Å². The van der Waals surface area contributed by atoms with Crippen LogP contribution in [-0.2, 0) is 23.4 Å². The van der Waals surface area contributed by atoms with Gasteiger partial charge >= 0.3 is 13.7 Å². The first-order chi connectivity index (χ1) is 20.3. The van der Waals surface area contributed by atoms with Crippen LogP contribution in [0.15, 0.2) is 41.5 Å². The number of ether oxygens (including phenoxy) is 2. The van der Waals surface area contributed by atoms with Crippen molar-refractivity contribution in [3.05, 3.63) is 47.0 Å². The van der Waals surface area contributed by atoms with E-state index in [4.69, 9.17) is 24.3 Å². The third-order valence-corrected chi connectivity index (χ3v) is 9.04. The Morgan fingerprint density at radius 2 is 2.02 bits per heavy atom. The van der Waals surface area contributed by atoms with Gasteiger partial charge in [0.05, 0.1) is 6.33 Å². The van der Waals surface area contributed by atoms with Gasteiger partial charge in [0.15, 0.2) is 17.4 Å². The molecule has 1 saturated heterocycles. The van der Waals surface area contributed by atoms with Crippen LogP contribution < -0.4 is 20.9 Å². The van der Waals surface area contributed by atoms with Gasteiger partial charge in [0.25, 0.3) is 11.4 Å². The van der Waals surface area contributed by atoms with E-state index in [1.165, 1.54) is 19.1 Å². The number of aliphatic hydroxyl groups is 2. The van der Waals surface area contributed by atoms with Crippen LogP contribution in [0.4, 0.5) is 10.3 Å². The number of aromatic amines is 1. The Balaban J connectivity index is 1.36. The highest BCUT2D eigenvalue weighted by atomic mass is 31.2. The van der Waals surface area contributed by atoms with Crippen LogP contribution in [-0.4, -0.2) is 72.0 Å². The number of nitrogens with two attached hydrogens (primary N) is 1. The number of hydrogen-bond donors (Lipinski definition) is 5. The van der Waals surface area contributed by atoms with E-state index in [9.17, 15) is 24.4 Å². The number of carbonyl (C=O) groups is 1. The van der Waals surface area contributed by atoms with Crippen LogP contribution in [0.5, 0.6) is 5.75 Å². The molecular formula is C26H34FN6O9P. The maximum absolute atomic E-state index is 16.3. The summed E-state index contributed by atoms with van der Waals surface area (Å²) in [5.74, 6) is -4.05. The van der Waals surface area contributed by atoms with Gasteiger partial charge < -0.3 is 29.9 Å². The zero-order valence-electron chi connectivity index (χ0n) is 23.5. The molecule has 17 heteroatoms. The quantitative estimate of drug-likeness (QED) is 0.162. The summed E-state index contributed by atoms with van der Waals surface area (Å²) >= 11 is 0. The third-order valence-electron chi connectivity index (χ3n) is 7.41. The molecule has 1 aliphatic heterocycles. The smallest absolute Gasteiger partial charge is 0.459 e. The molecule has 3 aromatic rings. The first kappa shape index (κ1) is 31.0. The molecule has 43 heavy (non-hydrogen) atoms. The van der Waals surface area contributed by atoms with E-state index in [2.05, 4.69) is 20.0 Å². The van der Waals surface area contributed by atoms with Crippen LogP contribution in [0.1, 0.15) is 52.2 Å². The van der Waals surface area contributed by atoms with Gasteiger partial charge in [0, 0.05) is 0 Å². The molecule has 1 saturated carbocycles.